The highest BCUT2D eigenvalue weighted by molar-refractivity contribution is 7.98. The normalized spacial score (nSPS) is 18.5. The Morgan fingerprint density at radius 3 is 2.82 bits per heavy atom. The molecule has 1 nitrogen and oxygen atoms in total. The Bertz CT molecular complexity index is 124. The van der Waals surface area contributed by atoms with Gasteiger partial charge in [-0.3, -0.25) is 0 Å². The molecule has 0 spiro atoms. The van der Waals surface area contributed by atoms with Gasteiger partial charge in [0.2, 0.25) is 0 Å². The van der Waals surface area contributed by atoms with Crippen LogP contribution in [0, 0.1) is 0 Å². The van der Waals surface area contributed by atoms with E-state index in [1.54, 1.807) is 5.57 Å². The molecule has 1 saturated heterocycles. The second-order valence-corrected chi connectivity index (χ2v) is 3.88. The van der Waals surface area contributed by atoms with E-state index in [2.05, 4.69) is 17.6 Å². The van der Waals surface area contributed by atoms with Gasteiger partial charge in [-0.25, -0.2) is 0 Å². The predicted octanol–water partition coefficient (Wildman–Crippen LogP) is 2.05. The number of rotatable bonds is 3. The minimum Gasteiger partial charge on any atom is -0.316 e. The van der Waals surface area contributed by atoms with E-state index in [1.165, 1.54) is 38.1 Å². The molecule has 1 heterocycles. The van der Waals surface area contributed by atoms with Crippen LogP contribution < -0.4 is 5.32 Å². The van der Waals surface area contributed by atoms with Gasteiger partial charge in [-0.05, 0) is 44.4 Å². The largest absolute Gasteiger partial charge is 0.316 e. The zero-order valence-electron chi connectivity index (χ0n) is 7.23. The van der Waals surface area contributed by atoms with Crippen molar-refractivity contribution in [2.24, 2.45) is 0 Å². The molecular formula is C9H17NS. The van der Waals surface area contributed by atoms with E-state index >= 15 is 0 Å². The topological polar surface area (TPSA) is 12.0 Å². The van der Waals surface area contributed by atoms with Crippen molar-refractivity contribution >= 4 is 11.8 Å². The fraction of sp³-hybridized carbons (Fsp3) is 0.778. The van der Waals surface area contributed by atoms with E-state index in [1.807, 2.05) is 11.8 Å². The molecule has 0 bridgehead atoms. The maximum Gasteiger partial charge on any atom is -0.00115 e. The third-order valence-corrected chi connectivity index (χ3v) is 2.64. The lowest BCUT2D eigenvalue weighted by Crippen LogP contribution is -2.23. The maximum absolute atomic E-state index is 3.36. The summed E-state index contributed by atoms with van der Waals surface area (Å²) in [4.78, 5) is 0. The highest BCUT2D eigenvalue weighted by Crippen LogP contribution is 2.11. The molecule has 0 radical (unpaired) electrons. The van der Waals surface area contributed by atoms with Gasteiger partial charge >= 0.3 is 0 Å². The maximum atomic E-state index is 3.36. The summed E-state index contributed by atoms with van der Waals surface area (Å²) in [5, 5.41) is 3.36. The zero-order chi connectivity index (χ0) is 7.94. The van der Waals surface area contributed by atoms with Gasteiger partial charge < -0.3 is 5.32 Å². The van der Waals surface area contributed by atoms with Gasteiger partial charge in [0.25, 0.3) is 0 Å². The van der Waals surface area contributed by atoms with E-state index in [9.17, 15) is 0 Å². The minimum atomic E-state index is 1.19. The quantitative estimate of drug-likeness (QED) is 0.515. The lowest BCUT2D eigenvalue weighted by molar-refractivity contribution is 0.608. The van der Waals surface area contributed by atoms with Crippen molar-refractivity contribution in [3.63, 3.8) is 0 Å². The molecule has 2 heteroatoms. The van der Waals surface area contributed by atoms with Crippen LogP contribution in [0.2, 0.25) is 0 Å². The first kappa shape index (κ1) is 9.14. The Labute approximate surface area is 73.6 Å². The van der Waals surface area contributed by atoms with Gasteiger partial charge in [0, 0.05) is 0 Å². The van der Waals surface area contributed by atoms with Crippen LogP contribution in [0.15, 0.2) is 11.6 Å². The van der Waals surface area contributed by atoms with Crippen molar-refractivity contribution in [2.45, 2.75) is 19.3 Å². The standard InChI is InChI=1S/C9H17NS/c1-11-8-2-3-9-4-6-10-7-5-9/h3,10H,2,4-8H2,1H3. The van der Waals surface area contributed by atoms with E-state index in [0.29, 0.717) is 0 Å². The molecule has 64 valence electrons. The van der Waals surface area contributed by atoms with E-state index in [4.69, 9.17) is 0 Å². The Morgan fingerprint density at radius 1 is 1.45 bits per heavy atom. The van der Waals surface area contributed by atoms with Crippen LogP contribution in [-0.4, -0.2) is 25.1 Å². The first-order valence-electron chi connectivity index (χ1n) is 4.31. The van der Waals surface area contributed by atoms with Crippen LogP contribution in [0.25, 0.3) is 0 Å². The highest BCUT2D eigenvalue weighted by atomic mass is 32.2. The number of hydrogen-bond donors (Lipinski definition) is 1. The summed E-state index contributed by atoms with van der Waals surface area (Å²) in [6, 6.07) is 0. The molecule has 0 unspecified atom stereocenters. The molecule has 0 amide bonds. The SMILES string of the molecule is CSCCC=C1CCNCC1. The number of piperidine rings is 1. The minimum absolute atomic E-state index is 1.19. The molecule has 0 aliphatic carbocycles. The summed E-state index contributed by atoms with van der Waals surface area (Å²) in [6.45, 7) is 2.37. The Hall–Kier alpha value is 0.0500. The van der Waals surface area contributed by atoms with Gasteiger partial charge in [0.1, 0.15) is 0 Å². The van der Waals surface area contributed by atoms with Gasteiger partial charge in [0.15, 0.2) is 0 Å². The molecule has 0 atom stereocenters. The van der Waals surface area contributed by atoms with Crippen molar-refractivity contribution in [1.29, 1.82) is 0 Å². The van der Waals surface area contributed by atoms with Crippen molar-refractivity contribution in [3.8, 4) is 0 Å². The van der Waals surface area contributed by atoms with Crippen LogP contribution in [0.1, 0.15) is 19.3 Å². The van der Waals surface area contributed by atoms with Gasteiger partial charge in [-0.15, -0.1) is 0 Å². The molecule has 11 heavy (non-hydrogen) atoms. The monoisotopic (exact) mass is 171 g/mol. The lowest BCUT2D eigenvalue weighted by Gasteiger charge is -2.14. The number of nitrogens with one attached hydrogen (secondary N) is 1. The number of hydrogen-bond acceptors (Lipinski definition) is 2. The first-order chi connectivity index (χ1) is 5.43. The van der Waals surface area contributed by atoms with Crippen LogP contribution in [0.4, 0.5) is 0 Å². The summed E-state index contributed by atoms with van der Waals surface area (Å²) >= 11 is 1.93. The first-order valence-corrected chi connectivity index (χ1v) is 5.70. The van der Waals surface area contributed by atoms with Crippen LogP contribution >= 0.6 is 11.8 Å². The molecule has 0 aromatic carbocycles. The van der Waals surface area contributed by atoms with Crippen LogP contribution in [0.5, 0.6) is 0 Å². The van der Waals surface area contributed by atoms with Crippen molar-refractivity contribution < 1.29 is 0 Å². The molecule has 0 saturated carbocycles. The van der Waals surface area contributed by atoms with Crippen molar-refractivity contribution in [3.05, 3.63) is 11.6 Å². The average molecular weight is 171 g/mol. The number of allylic oxidation sites excluding steroid dienone is 1. The van der Waals surface area contributed by atoms with E-state index in [-0.39, 0.29) is 0 Å². The fourth-order valence-electron chi connectivity index (χ4n) is 1.33. The summed E-state index contributed by atoms with van der Waals surface area (Å²) < 4.78 is 0. The van der Waals surface area contributed by atoms with Gasteiger partial charge in [-0.1, -0.05) is 11.6 Å². The highest BCUT2D eigenvalue weighted by Gasteiger charge is 2.02. The Kier molecular flexibility index (Phi) is 4.71. The molecule has 1 aliphatic heterocycles. The third kappa shape index (κ3) is 3.82. The molecule has 0 aromatic rings. The molecule has 1 N–H and O–H groups in total. The fourth-order valence-corrected chi connectivity index (χ4v) is 1.69. The summed E-state index contributed by atoms with van der Waals surface area (Å²) in [5.74, 6) is 1.27. The number of thioether (sulfide) groups is 1. The Balaban J connectivity index is 2.15. The summed E-state index contributed by atoms with van der Waals surface area (Å²) in [5.41, 5.74) is 1.66. The van der Waals surface area contributed by atoms with Crippen LogP contribution in [-0.2, 0) is 0 Å². The Morgan fingerprint density at radius 2 is 2.18 bits per heavy atom. The zero-order valence-corrected chi connectivity index (χ0v) is 8.04. The average Bonchev–Trinajstić information content (AvgIpc) is 2.07. The van der Waals surface area contributed by atoms with Gasteiger partial charge in [-0.2, -0.15) is 11.8 Å². The van der Waals surface area contributed by atoms with Crippen molar-refractivity contribution in [2.75, 3.05) is 25.1 Å². The molecule has 1 fully saturated rings. The second-order valence-electron chi connectivity index (χ2n) is 2.89. The second kappa shape index (κ2) is 5.67. The third-order valence-electron chi connectivity index (χ3n) is 2.00. The summed E-state index contributed by atoms with van der Waals surface area (Å²) in [7, 11) is 0. The molecular weight excluding hydrogens is 154 g/mol. The van der Waals surface area contributed by atoms with E-state index < -0.39 is 0 Å². The molecule has 1 aliphatic rings. The van der Waals surface area contributed by atoms with E-state index in [0.717, 1.165) is 0 Å². The molecule has 1 rings (SSSR count). The molecule has 0 aromatic heterocycles. The lowest BCUT2D eigenvalue weighted by atomic mass is 10.0. The smallest absolute Gasteiger partial charge is 0.00115 e. The van der Waals surface area contributed by atoms with Gasteiger partial charge in [0.05, 0.1) is 0 Å². The predicted molar refractivity (Wildman–Crippen MR) is 53.2 cm³/mol. The van der Waals surface area contributed by atoms with Crippen LogP contribution in [0.3, 0.4) is 0 Å². The summed E-state index contributed by atoms with van der Waals surface area (Å²) in [6.07, 6.45) is 8.40. The van der Waals surface area contributed by atoms with Crippen molar-refractivity contribution in [1.82, 2.24) is 5.32 Å².